The topological polar surface area (TPSA) is 43.9 Å². The van der Waals surface area contributed by atoms with Gasteiger partial charge in [0.05, 0.1) is 12.1 Å². The lowest BCUT2D eigenvalue weighted by atomic mass is 9.92. The molecular formula is C22H25N3O2. The molecule has 0 radical (unpaired) electrons. The fourth-order valence-corrected chi connectivity index (χ4v) is 4.26. The highest BCUT2D eigenvalue weighted by atomic mass is 16.2. The first-order chi connectivity index (χ1) is 13.0. The molecule has 2 aromatic carbocycles. The molecule has 0 aliphatic carbocycles. The largest absolute Gasteiger partial charge is 0.337 e. The van der Waals surface area contributed by atoms with E-state index in [1.165, 1.54) is 0 Å². The smallest absolute Gasteiger partial charge is 0.254 e. The molecule has 0 N–H and O–H groups in total. The summed E-state index contributed by atoms with van der Waals surface area (Å²) >= 11 is 0. The van der Waals surface area contributed by atoms with Gasteiger partial charge in [0, 0.05) is 30.9 Å². The molecule has 0 aromatic heterocycles. The Bertz CT molecular complexity index is 867. The lowest BCUT2D eigenvalue weighted by molar-refractivity contribution is -0.123. The van der Waals surface area contributed by atoms with Gasteiger partial charge in [-0.2, -0.15) is 0 Å². The van der Waals surface area contributed by atoms with Crippen LogP contribution in [0.1, 0.15) is 22.3 Å². The van der Waals surface area contributed by atoms with Crippen molar-refractivity contribution in [3.05, 3.63) is 65.7 Å². The van der Waals surface area contributed by atoms with Crippen LogP contribution in [0.5, 0.6) is 0 Å². The van der Waals surface area contributed by atoms with Crippen molar-refractivity contribution >= 4 is 17.5 Å². The SMILES string of the molecule is Cc1ccccc1C(=O)N1CCC2(C1)CN(c1ccccc1)C(=O)CN2C. The van der Waals surface area contributed by atoms with Gasteiger partial charge in [0.15, 0.2) is 0 Å². The van der Waals surface area contributed by atoms with E-state index < -0.39 is 0 Å². The van der Waals surface area contributed by atoms with Gasteiger partial charge in [0.2, 0.25) is 5.91 Å². The Balaban J connectivity index is 1.57. The number of aryl methyl sites for hydroxylation is 1. The van der Waals surface area contributed by atoms with Crippen molar-refractivity contribution in [1.29, 1.82) is 0 Å². The average Bonchev–Trinajstić information content (AvgIpc) is 3.11. The predicted octanol–water partition coefficient (Wildman–Crippen LogP) is 2.56. The number of amides is 2. The first kappa shape index (κ1) is 17.7. The molecule has 2 aliphatic heterocycles. The van der Waals surface area contributed by atoms with Crippen LogP contribution in [0.15, 0.2) is 54.6 Å². The Kier molecular flexibility index (Phi) is 4.48. The lowest BCUT2D eigenvalue weighted by Gasteiger charge is -2.46. The zero-order valence-corrected chi connectivity index (χ0v) is 15.9. The fraction of sp³-hybridized carbons (Fsp3) is 0.364. The van der Waals surface area contributed by atoms with Crippen LogP contribution in [0.3, 0.4) is 0 Å². The van der Waals surface area contributed by atoms with Crippen molar-refractivity contribution < 1.29 is 9.59 Å². The van der Waals surface area contributed by atoms with E-state index in [4.69, 9.17) is 0 Å². The third-order valence-electron chi connectivity index (χ3n) is 6.00. The van der Waals surface area contributed by atoms with Gasteiger partial charge < -0.3 is 9.80 Å². The third-order valence-corrected chi connectivity index (χ3v) is 6.00. The molecule has 2 amide bonds. The number of likely N-dealkylation sites (tertiary alicyclic amines) is 1. The molecule has 0 bridgehead atoms. The maximum Gasteiger partial charge on any atom is 0.254 e. The van der Waals surface area contributed by atoms with E-state index in [1.54, 1.807) is 0 Å². The molecule has 1 spiro atoms. The standard InChI is InChI=1S/C22H25N3O2/c1-17-8-6-7-11-19(17)21(27)24-13-12-22(15-24)16-25(20(26)14-23(22)2)18-9-4-3-5-10-18/h3-11H,12-16H2,1-2H3. The Labute approximate surface area is 160 Å². The number of carbonyl (C=O) groups excluding carboxylic acids is 2. The third kappa shape index (κ3) is 3.12. The minimum atomic E-state index is -0.192. The number of rotatable bonds is 2. The monoisotopic (exact) mass is 363 g/mol. The summed E-state index contributed by atoms with van der Waals surface area (Å²) in [6, 6.07) is 17.5. The Hall–Kier alpha value is -2.66. The number of benzene rings is 2. The number of carbonyl (C=O) groups is 2. The number of likely N-dealkylation sites (N-methyl/N-ethyl adjacent to an activating group) is 1. The van der Waals surface area contributed by atoms with Crippen molar-refractivity contribution in [2.75, 3.05) is 38.1 Å². The van der Waals surface area contributed by atoms with Crippen LogP contribution >= 0.6 is 0 Å². The highest BCUT2D eigenvalue weighted by Gasteiger charge is 2.48. The van der Waals surface area contributed by atoms with Crippen molar-refractivity contribution in [3.63, 3.8) is 0 Å². The second-order valence-corrected chi connectivity index (χ2v) is 7.69. The summed E-state index contributed by atoms with van der Waals surface area (Å²) < 4.78 is 0. The van der Waals surface area contributed by atoms with Crippen LogP contribution in [0.25, 0.3) is 0 Å². The summed E-state index contributed by atoms with van der Waals surface area (Å²) in [5.41, 5.74) is 2.51. The van der Waals surface area contributed by atoms with Crippen molar-refractivity contribution in [2.45, 2.75) is 18.9 Å². The Morgan fingerprint density at radius 3 is 2.44 bits per heavy atom. The molecule has 140 valence electrons. The van der Waals surface area contributed by atoms with Gasteiger partial charge in [-0.3, -0.25) is 14.5 Å². The van der Waals surface area contributed by atoms with Gasteiger partial charge in [-0.05, 0) is 44.2 Å². The molecule has 2 aliphatic rings. The number of para-hydroxylation sites is 1. The van der Waals surface area contributed by atoms with Crippen molar-refractivity contribution in [3.8, 4) is 0 Å². The van der Waals surface area contributed by atoms with Crippen molar-refractivity contribution in [1.82, 2.24) is 9.80 Å². The second kappa shape index (κ2) is 6.82. The highest BCUT2D eigenvalue weighted by molar-refractivity contribution is 5.97. The summed E-state index contributed by atoms with van der Waals surface area (Å²) in [5.74, 6) is 0.194. The molecule has 2 fully saturated rings. The van der Waals surface area contributed by atoms with Crippen LogP contribution in [0.2, 0.25) is 0 Å². The van der Waals surface area contributed by atoms with E-state index in [2.05, 4.69) is 4.90 Å². The van der Waals surface area contributed by atoms with Crippen LogP contribution in [0.4, 0.5) is 5.69 Å². The summed E-state index contributed by atoms with van der Waals surface area (Å²) in [4.78, 5) is 31.6. The van der Waals surface area contributed by atoms with Gasteiger partial charge in [-0.1, -0.05) is 36.4 Å². The fourth-order valence-electron chi connectivity index (χ4n) is 4.26. The molecule has 0 saturated carbocycles. The van der Waals surface area contributed by atoms with Crippen LogP contribution in [-0.2, 0) is 4.79 Å². The summed E-state index contributed by atoms with van der Waals surface area (Å²) in [5, 5.41) is 0. The molecule has 5 heteroatoms. The van der Waals surface area contributed by atoms with Gasteiger partial charge in [-0.15, -0.1) is 0 Å². The van der Waals surface area contributed by atoms with E-state index in [0.717, 1.165) is 23.2 Å². The average molecular weight is 363 g/mol. The molecular weight excluding hydrogens is 338 g/mol. The molecule has 2 heterocycles. The number of hydrogen-bond donors (Lipinski definition) is 0. The predicted molar refractivity (Wildman–Crippen MR) is 106 cm³/mol. The highest BCUT2D eigenvalue weighted by Crippen LogP contribution is 2.34. The first-order valence-corrected chi connectivity index (χ1v) is 9.42. The number of nitrogens with zero attached hydrogens (tertiary/aromatic N) is 3. The number of piperazine rings is 1. The Morgan fingerprint density at radius 1 is 1.00 bits per heavy atom. The van der Waals surface area contributed by atoms with Gasteiger partial charge in [0.1, 0.15) is 0 Å². The van der Waals surface area contributed by atoms with Crippen LogP contribution in [0, 0.1) is 6.92 Å². The Morgan fingerprint density at radius 2 is 1.70 bits per heavy atom. The molecule has 2 aromatic rings. The first-order valence-electron chi connectivity index (χ1n) is 9.42. The number of hydrogen-bond acceptors (Lipinski definition) is 3. The van der Waals surface area contributed by atoms with E-state index >= 15 is 0 Å². The molecule has 1 unspecified atom stereocenters. The van der Waals surface area contributed by atoms with E-state index in [9.17, 15) is 9.59 Å². The molecule has 2 saturated heterocycles. The normalized spacial score (nSPS) is 23.3. The van der Waals surface area contributed by atoms with E-state index in [-0.39, 0.29) is 17.4 Å². The minimum Gasteiger partial charge on any atom is -0.337 e. The summed E-state index contributed by atoms with van der Waals surface area (Å²) in [6.45, 7) is 4.33. The van der Waals surface area contributed by atoms with Crippen molar-refractivity contribution in [2.24, 2.45) is 0 Å². The maximum absolute atomic E-state index is 13.0. The zero-order valence-electron chi connectivity index (χ0n) is 15.9. The quantitative estimate of drug-likeness (QED) is 0.824. The van der Waals surface area contributed by atoms with Crippen LogP contribution in [-0.4, -0.2) is 60.4 Å². The minimum absolute atomic E-state index is 0.0848. The van der Waals surface area contributed by atoms with Gasteiger partial charge in [-0.25, -0.2) is 0 Å². The maximum atomic E-state index is 13.0. The van der Waals surface area contributed by atoms with Crippen LogP contribution < -0.4 is 4.90 Å². The number of anilines is 1. The lowest BCUT2D eigenvalue weighted by Crippen LogP contribution is -2.64. The molecule has 4 rings (SSSR count). The van der Waals surface area contributed by atoms with Gasteiger partial charge in [0.25, 0.3) is 5.91 Å². The van der Waals surface area contributed by atoms with E-state index in [1.807, 2.05) is 78.4 Å². The molecule has 1 atom stereocenters. The van der Waals surface area contributed by atoms with E-state index in [0.29, 0.717) is 26.2 Å². The summed E-state index contributed by atoms with van der Waals surface area (Å²) in [6.07, 6.45) is 0.873. The zero-order chi connectivity index (χ0) is 19.0. The summed E-state index contributed by atoms with van der Waals surface area (Å²) in [7, 11) is 2.00. The molecule has 5 nitrogen and oxygen atoms in total. The second-order valence-electron chi connectivity index (χ2n) is 7.69. The molecule has 27 heavy (non-hydrogen) atoms. The van der Waals surface area contributed by atoms with Gasteiger partial charge >= 0.3 is 0 Å².